The molecule has 2 N–H and O–H groups in total. The van der Waals surface area contributed by atoms with Gasteiger partial charge in [-0.1, -0.05) is 6.07 Å². The minimum atomic E-state index is -2.98. The van der Waals surface area contributed by atoms with E-state index in [1.165, 1.54) is 6.26 Å². The van der Waals surface area contributed by atoms with Crippen molar-refractivity contribution in [2.45, 2.75) is 13.0 Å². The van der Waals surface area contributed by atoms with E-state index >= 15 is 0 Å². The highest BCUT2D eigenvalue weighted by atomic mass is 32.2. The van der Waals surface area contributed by atoms with Gasteiger partial charge in [0.05, 0.1) is 32.6 Å². The molecule has 0 fully saturated rings. The molecule has 8 nitrogen and oxygen atoms in total. The Balaban J connectivity index is 2.24. The van der Waals surface area contributed by atoms with Crippen molar-refractivity contribution in [3.63, 3.8) is 0 Å². The van der Waals surface area contributed by atoms with Gasteiger partial charge in [0.2, 0.25) is 0 Å². The number of nitrogens with zero attached hydrogens (tertiary/aromatic N) is 1. The Morgan fingerprint density at radius 2 is 1.96 bits per heavy atom. The summed E-state index contributed by atoms with van der Waals surface area (Å²) in [6, 6.07) is 7.44. The number of methoxy groups -OCH3 is 1. The molecule has 0 aliphatic rings. The van der Waals surface area contributed by atoms with Crippen LogP contribution in [0.15, 0.2) is 29.3 Å². The Labute approximate surface area is 155 Å². The van der Waals surface area contributed by atoms with Crippen LogP contribution in [0.3, 0.4) is 0 Å². The molecule has 0 amide bonds. The van der Waals surface area contributed by atoms with Gasteiger partial charge in [-0.2, -0.15) is 0 Å². The normalized spacial score (nSPS) is 13.2. The van der Waals surface area contributed by atoms with E-state index in [4.69, 9.17) is 14.2 Å². The SMILES string of the molecule is CN=C(NCCOCCS(C)(=O)=O)NCC(C)Oc1cccc(OC)c1. The van der Waals surface area contributed by atoms with Gasteiger partial charge < -0.3 is 24.8 Å². The first kappa shape index (κ1) is 22.0. The van der Waals surface area contributed by atoms with Crippen LogP contribution in [0.4, 0.5) is 0 Å². The van der Waals surface area contributed by atoms with Gasteiger partial charge in [0.15, 0.2) is 5.96 Å². The van der Waals surface area contributed by atoms with Crippen molar-refractivity contribution in [1.82, 2.24) is 10.6 Å². The van der Waals surface area contributed by atoms with E-state index < -0.39 is 9.84 Å². The number of hydrogen-bond donors (Lipinski definition) is 2. The van der Waals surface area contributed by atoms with Gasteiger partial charge in [-0.05, 0) is 19.1 Å². The molecule has 1 aromatic carbocycles. The molecule has 26 heavy (non-hydrogen) atoms. The van der Waals surface area contributed by atoms with Crippen LogP contribution >= 0.6 is 0 Å². The molecule has 0 aromatic heterocycles. The molecule has 0 spiro atoms. The monoisotopic (exact) mass is 387 g/mol. The first-order chi connectivity index (χ1) is 12.3. The third kappa shape index (κ3) is 10.1. The third-order valence-corrected chi connectivity index (χ3v) is 4.20. The summed E-state index contributed by atoms with van der Waals surface area (Å²) in [4.78, 5) is 4.12. The second-order valence-electron chi connectivity index (χ2n) is 5.73. The molecular formula is C17H29N3O5S. The average molecular weight is 388 g/mol. The predicted molar refractivity (Wildman–Crippen MR) is 103 cm³/mol. The molecule has 0 heterocycles. The fraction of sp³-hybridized carbons (Fsp3) is 0.588. The molecule has 0 aliphatic heterocycles. The highest BCUT2D eigenvalue weighted by Gasteiger charge is 2.07. The Morgan fingerprint density at radius 3 is 2.62 bits per heavy atom. The number of aliphatic imine (C=N–C) groups is 1. The van der Waals surface area contributed by atoms with Crippen LogP contribution in [-0.4, -0.2) is 73.0 Å². The number of nitrogens with one attached hydrogen (secondary N) is 2. The quantitative estimate of drug-likeness (QED) is 0.327. The fourth-order valence-electron chi connectivity index (χ4n) is 1.96. The maximum atomic E-state index is 11.0. The van der Waals surface area contributed by atoms with Crippen LogP contribution in [0.5, 0.6) is 11.5 Å². The van der Waals surface area contributed by atoms with Gasteiger partial charge in [0.25, 0.3) is 0 Å². The number of hydrogen-bond acceptors (Lipinski definition) is 6. The summed E-state index contributed by atoms with van der Waals surface area (Å²) in [6.07, 6.45) is 1.11. The average Bonchev–Trinajstić information content (AvgIpc) is 2.59. The second kappa shape index (κ2) is 11.6. The summed E-state index contributed by atoms with van der Waals surface area (Å²) < 4.78 is 38.3. The van der Waals surface area contributed by atoms with E-state index in [1.807, 2.05) is 31.2 Å². The molecule has 1 rings (SSSR count). The van der Waals surface area contributed by atoms with E-state index in [1.54, 1.807) is 14.2 Å². The maximum Gasteiger partial charge on any atom is 0.191 e. The van der Waals surface area contributed by atoms with Crippen molar-refractivity contribution in [2.75, 3.05) is 52.5 Å². The standard InChI is InChI=1S/C17H29N3O5S/c1-14(25-16-7-5-6-15(12-16)23-3)13-20-17(18-2)19-8-9-24-10-11-26(4,21)22/h5-7,12,14H,8-11,13H2,1-4H3,(H2,18,19,20). The molecule has 0 aliphatic carbocycles. The highest BCUT2D eigenvalue weighted by molar-refractivity contribution is 7.90. The first-order valence-corrected chi connectivity index (χ1v) is 10.4. The van der Waals surface area contributed by atoms with Crippen LogP contribution in [0.1, 0.15) is 6.92 Å². The van der Waals surface area contributed by atoms with Gasteiger partial charge >= 0.3 is 0 Å². The van der Waals surface area contributed by atoms with Crippen LogP contribution in [0.2, 0.25) is 0 Å². The zero-order chi connectivity index (χ0) is 19.4. The van der Waals surface area contributed by atoms with E-state index in [9.17, 15) is 8.42 Å². The molecule has 9 heteroatoms. The minimum absolute atomic E-state index is 0.0269. The van der Waals surface area contributed by atoms with Crippen molar-refractivity contribution in [2.24, 2.45) is 4.99 Å². The first-order valence-electron chi connectivity index (χ1n) is 8.34. The summed E-state index contributed by atoms with van der Waals surface area (Å²) in [5, 5.41) is 6.26. The lowest BCUT2D eigenvalue weighted by Crippen LogP contribution is -2.42. The zero-order valence-corrected chi connectivity index (χ0v) is 16.6. The third-order valence-electron chi connectivity index (χ3n) is 3.30. The highest BCUT2D eigenvalue weighted by Crippen LogP contribution is 2.19. The maximum absolute atomic E-state index is 11.0. The zero-order valence-electron chi connectivity index (χ0n) is 15.8. The molecule has 1 unspecified atom stereocenters. The summed E-state index contributed by atoms with van der Waals surface area (Å²) >= 11 is 0. The van der Waals surface area contributed by atoms with Gasteiger partial charge in [-0.3, -0.25) is 4.99 Å². The summed E-state index contributed by atoms with van der Waals surface area (Å²) in [7, 11) is 0.306. The Bertz CT molecular complexity index is 664. The van der Waals surface area contributed by atoms with E-state index in [2.05, 4.69) is 15.6 Å². The van der Waals surface area contributed by atoms with E-state index in [-0.39, 0.29) is 18.5 Å². The predicted octanol–water partition coefficient (Wildman–Crippen LogP) is 0.689. The molecule has 0 saturated heterocycles. The van der Waals surface area contributed by atoms with Crippen molar-refractivity contribution >= 4 is 15.8 Å². The molecule has 0 bridgehead atoms. The molecule has 0 radical (unpaired) electrons. The number of sulfone groups is 1. The van der Waals surface area contributed by atoms with Crippen LogP contribution in [-0.2, 0) is 14.6 Å². The number of rotatable bonds is 11. The molecular weight excluding hydrogens is 358 g/mol. The molecule has 148 valence electrons. The fourth-order valence-corrected chi connectivity index (χ4v) is 2.38. The lowest BCUT2D eigenvalue weighted by molar-refractivity contribution is 0.154. The van der Waals surface area contributed by atoms with Crippen LogP contribution < -0.4 is 20.1 Å². The van der Waals surface area contributed by atoms with Gasteiger partial charge in [0, 0.05) is 25.9 Å². The van der Waals surface area contributed by atoms with Crippen molar-refractivity contribution in [3.05, 3.63) is 24.3 Å². The summed E-state index contributed by atoms with van der Waals surface area (Å²) in [5.41, 5.74) is 0. The van der Waals surface area contributed by atoms with Gasteiger partial charge in [-0.15, -0.1) is 0 Å². The largest absolute Gasteiger partial charge is 0.497 e. The van der Waals surface area contributed by atoms with Crippen molar-refractivity contribution in [3.8, 4) is 11.5 Å². The van der Waals surface area contributed by atoms with Gasteiger partial charge in [-0.25, -0.2) is 8.42 Å². The minimum Gasteiger partial charge on any atom is -0.497 e. The van der Waals surface area contributed by atoms with Gasteiger partial charge in [0.1, 0.15) is 27.4 Å². The van der Waals surface area contributed by atoms with Crippen molar-refractivity contribution in [1.29, 1.82) is 0 Å². The van der Waals surface area contributed by atoms with Crippen molar-refractivity contribution < 1.29 is 22.6 Å². The second-order valence-corrected chi connectivity index (χ2v) is 7.99. The van der Waals surface area contributed by atoms with E-state index in [0.29, 0.717) is 25.7 Å². The number of guanidine groups is 1. The lowest BCUT2D eigenvalue weighted by Gasteiger charge is -2.18. The topological polar surface area (TPSA) is 98.3 Å². The Hall–Kier alpha value is -2.00. The smallest absolute Gasteiger partial charge is 0.191 e. The summed E-state index contributed by atoms with van der Waals surface area (Å²) in [5.74, 6) is 2.13. The number of benzene rings is 1. The number of ether oxygens (including phenoxy) is 3. The molecule has 1 atom stereocenters. The molecule has 1 aromatic rings. The van der Waals surface area contributed by atoms with Crippen LogP contribution in [0, 0.1) is 0 Å². The lowest BCUT2D eigenvalue weighted by atomic mass is 10.3. The van der Waals surface area contributed by atoms with Crippen LogP contribution in [0.25, 0.3) is 0 Å². The van der Waals surface area contributed by atoms with E-state index in [0.717, 1.165) is 11.5 Å². The Morgan fingerprint density at radius 1 is 1.23 bits per heavy atom. The Kier molecular flexibility index (Phi) is 9.82. The molecule has 0 saturated carbocycles. The summed E-state index contributed by atoms with van der Waals surface area (Å²) in [6.45, 7) is 3.62.